The fourth-order valence-corrected chi connectivity index (χ4v) is 5.75. The van der Waals surface area contributed by atoms with Crippen LogP contribution in [0.4, 0.5) is 0 Å². The number of halogens is 1. The molecule has 0 saturated heterocycles. The zero-order valence-corrected chi connectivity index (χ0v) is 31.8. The highest BCUT2D eigenvalue weighted by molar-refractivity contribution is 14.1. The number of imidazole rings is 2. The van der Waals surface area contributed by atoms with E-state index in [2.05, 4.69) is 71.8 Å². The van der Waals surface area contributed by atoms with Crippen LogP contribution in [-0.2, 0) is 22.9 Å². The molecule has 14 heteroatoms. The summed E-state index contributed by atoms with van der Waals surface area (Å²) in [4.78, 5) is 29.8. The van der Waals surface area contributed by atoms with Crippen molar-refractivity contribution in [2.75, 3.05) is 13.2 Å². The van der Waals surface area contributed by atoms with Gasteiger partial charge in [0.05, 0.1) is 18.3 Å². The predicted molar refractivity (Wildman–Crippen MR) is 198 cm³/mol. The van der Waals surface area contributed by atoms with E-state index in [-0.39, 0.29) is 5.46 Å². The number of carbonyl (C=O) groups is 2. The lowest BCUT2D eigenvalue weighted by Gasteiger charge is -2.15. The van der Waals surface area contributed by atoms with Crippen LogP contribution in [0.2, 0.25) is 51.4 Å². The third-order valence-electron chi connectivity index (χ3n) is 6.47. The van der Waals surface area contributed by atoms with Gasteiger partial charge in [0.1, 0.15) is 23.4 Å². The molecule has 2 heterocycles. The van der Waals surface area contributed by atoms with Crippen molar-refractivity contribution >= 4 is 63.9 Å². The largest absolute Gasteiger partial charge is 0.489 e. The standard InChI is InChI=1S/C16H22N2O2Si.C9H17IN2OSi.C7H7BO3/c1-21(2,3)9-8-20-13-18-10-16(17-12-18)15-7-5-4-6-14(15)11-19;1-14(2,3)5-4-13-8-12-6-9(10)11-7-12;9-5-6-3-1-2-4-7(6)8(10)11/h4-7,10-12H,8-9,13H2,1-3H3;6-7H,4-5,8H2,1-3H3;1-5,10-11H. The smallest absolute Gasteiger partial charge is 0.423 e. The first kappa shape index (κ1) is 39.4. The van der Waals surface area contributed by atoms with Crippen LogP contribution in [0.5, 0.6) is 0 Å². The zero-order chi connectivity index (χ0) is 34.2. The maximum absolute atomic E-state index is 11.1. The Balaban J connectivity index is 0.000000256. The molecule has 4 aromatic rings. The number of benzene rings is 2. The maximum atomic E-state index is 11.1. The molecular formula is C32H46BIN4O6Si2. The van der Waals surface area contributed by atoms with Crippen molar-refractivity contribution < 1.29 is 29.1 Å². The Morgan fingerprint density at radius 1 is 0.761 bits per heavy atom. The van der Waals surface area contributed by atoms with E-state index in [0.29, 0.717) is 30.9 Å². The van der Waals surface area contributed by atoms with Gasteiger partial charge in [0.25, 0.3) is 0 Å². The van der Waals surface area contributed by atoms with Gasteiger partial charge in [-0.05, 0) is 40.1 Å². The lowest BCUT2D eigenvalue weighted by molar-refractivity contribution is 0.0870. The summed E-state index contributed by atoms with van der Waals surface area (Å²) in [7, 11) is -3.56. The van der Waals surface area contributed by atoms with Crippen LogP contribution in [-0.4, -0.2) is 78.2 Å². The number of aldehydes is 2. The van der Waals surface area contributed by atoms with Crippen molar-refractivity contribution in [1.82, 2.24) is 19.1 Å². The van der Waals surface area contributed by atoms with Gasteiger partial charge >= 0.3 is 7.12 Å². The molecule has 2 aromatic carbocycles. The van der Waals surface area contributed by atoms with E-state index < -0.39 is 23.3 Å². The van der Waals surface area contributed by atoms with Gasteiger partial charge in [-0.15, -0.1) is 0 Å². The Kier molecular flexibility index (Phi) is 17.0. The predicted octanol–water partition coefficient (Wildman–Crippen LogP) is 5.65. The fourth-order valence-electron chi connectivity index (χ4n) is 3.76. The number of aromatic nitrogens is 4. The zero-order valence-electron chi connectivity index (χ0n) is 27.6. The average molecular weight is 777 g/mol. The summed E-state index contributed by atoms with van der Waals surface area (Å²) >= 11 is 2.19. The van der Waals surface area contributed by atoms with Crippen molar-refractivity contribution in [2.24, 2.45) is 0 Å². The monoisotopic (exact) mass is 776 g/mol. The first-order valence-electron chi connectivity index (χ1n) is 15.0. The molecule has 4 rings (SSSR count). The van der Waals surface area contributed by atoms with Gasteiger partial charge in [0, 0.05) is 58.4 Å². The first-order valence-corrected chi connectivity index (χ1v) is 23.5. The first-order chi connectivity index (χ1) is 21.7. The van der Waals surface area contributed by atoms with E-state index in [1.165, 1.54) is 18.2 Å². The Labute approximate surface area is 288 Å². The second-order valence-corrected chi connectivity index (χ2v) is 25.4. The summed E-state index contributed by atoms with van der Waals surface area (Å²) in [5.41, 5.74) is 2.85. The van der Waals surface area contributed by atoms with E-state index >= 15 is 0 Å². The number of carbonyl (C=O) groups excluding carboxylic acids is 2. The number of nitrogens with zero attached hydrogens (tertiary/aromatic N) is 4. The van der Waals surface area contributed by atoms with Crippen molar-refractivity contribution in [3.63, 3.8) is 0 Å². The lowest BCUT2D eigenvalue weighted by Crippen LogP contribution is -2.32. The normalized spacial score (nSPS) is 11.2. The summed E-state index contributed by atoms with van der Waals surface area (Å²) in [5.74, 6) is 0. The van der Waals surface area contributed by atoms with E-state index in [9.17, 15) is 9.59 Å². The van der Waals surface area contributed by atoms with Gasteiger partial charge in [-0.25, -0.2) is 9.97 Å². The SMILES string of the molecule is C[Si](C)(C)CCOCn1cnc(-c2ccccc2C=O)c1.C[Si](C)(C)CCOCn1cnc(I)c1.O=Cc1ccccc1B(O)O. The van der Waals surface area contributed by atoms with Crippen LogP contribution in [0.25, 0.3) is 11.3 Å². The number of hydrogen-bond acceptors (Lipinski definition) is 8. The second kappa shape index (κ2) is 19.8. The molecule has 0 radical (unpaired) electrons. The summed E-state index contributed by atoms with van der Waals surface area (Å²) in [6, 6.07) is 16.2. The van der Waals surface area contributed by atoms with Crippen LogP contribution in [0.3, 0.4) is 0 Å². The highest BCUT2D eigenvalue weighted by atomic mass is 127. The number of rotatable bonds is 14. The van der Waals surface area contributed by atoms with E-state index in [4.69, 9.17) is 19.5 Å². The van der Waals surface area contributed by atoms with Gasteiger partial charge in [-0.1, -0.05) is 87.8 Å². The second-order valence-electron chi connectivity index (χ2n) is 13.0. The molecule has 0 bridgehead atoms. The van der Waals surface area contributed by atoms with E-state index in [0.717, 1.165) is 40.5 Å². The Morgan fingerprint density at radius 2 is 1.26 bits per heavy atom. The van der Waals surface area contributed by atoms with Crippen LogP contribution < -0.4 is 5.46 Å². The van der Waals surface area contributed by atoms with Gasteiger partial charge < -0.3 is 28.7 Å². The minimum absolute atomic E-state index is 0.238. The molecular weight excluding hydrogens is 730 g/mol. The average Bonchev–Trinajstić information content (AvgIpc) is 3.66. The van der Waals surface area contributed by atoms with E-state index in [1.807, 2.05) is 39.7 Å². The summed E-state index contributed by atoms with van der Waals surface area (Å²) in [6.07, 6.45) is 8.89. The third kappa shape index (κ3) is 15.7. The van der Waals surface area contributed by atoms with Crippen LogP contribution in [0.15, 0.2) is 73.6 Å². The molecule has 0 spiro atoms. The van der Waals surface area contributed by atoms with Gasteiger partial charge in [-0.3, -0.25) is 9.59 Å². The van der Waals surface area contributed by atoms with Crippen LogP contribution in [0.1, 0.15) is 20.7 Å². The minimum atomic E-state index is -1.57. The quantitative estimate of drug-likeness (QED) is 0.0728. The molecule has 2 aromatic heterocycles. The van der Waals surface area contributed by atoms with Crippen molar-refractivity contribution in [3.05, 3.63) is 88.4 Å². The summed E-state index contributed by atoms with van der Waals surface area (Å²) in [5, 5.41) is 17.5. The molecule has 248 valence electrons. The van der Waals surface area contributed by atoms with Crippen LogP contribution in [0, 0.1) is 3.70 Å². The van der Waals surface area contributed by atoms with Gasteiger partial charge in [-0.2, -0.15) is 0 Å². The number of hydrogen-bond donors (Lipinski definition) is 2. The topological polar surface area (TPSA) is 129 Å². The highest BCUT2D eigenvalue weighted by Crippen LogP contribution is 2.20. The third-order valence-corrected chi connectivity index (χ3v) is 10.4. The molecule has 0 aliphatic rings. The lowest BCUT2D eigenvalue weighted by atomic mass is 9.77. The van der Waals surface area contributed by atoms with Crippen molar-refractivity contribution in [3.8, 4) is 11.3 Å². The molecule has 0 saturated carbocycles. The van der Waals surface area contributed by atoms with Crippen molar-refractivity contribution in [1.29, 1.82) is 0 Å². The van der Waals surface area contributed by atoms with E-state index in [1.54, 1.807) is 30.9 Å². The van der Waals surface area contributed by atoms with Gasteiger partial charge in [0.2, 0.25) is 0 Å². The van der Waals surface area contributed by atoms with Crippen molar-refractivity contribution in [2.45, 2.75) is 64.8 Å². The molecule has 0 atom stereocenters. The Hall–Kier alpha value is -2.73. The highest BCUT2D eigenvalue weighted by Gasteiger charge is 2.14. The molecule has 2 N–H and O–H groups in total. The molecule has 0 aliphatic carbocycles. The minimum Gasteiger partial charge on any atom is -0.423 e. The number of ether oxygens (including phenoxy) is 2. The Bertz CT molecular complexity index is 1490. The molecule has 0 amide bonds. The van der Waals surface area contributed by atoms with Gasteiger partial charge in [0.15, 0.2) is 6.29 Å². The summed E-state index contributed by atoms with van der Waals surface area (Å²) in [6.45, 7) is 16.9. The Morgan fingerprint density at radius 3 is 1.74 bits per heavy atom. The molecule has 10 nitrogen and oxygen atoms in total. The molecule has 0 fully saturated rings. The molecule has 0 aliphatic heterocycles. The summed E-state index contributed by atoms with van der Waals surface area (Å²) < 4.78 is 16.1. The van der Waals surface area contributed by atoms with Crippen LogP contribution >= 0.6 is 22.6 Å². The molecule has 46 heavy (non-hydrogen) atoms. The fraction of sp³-hybridized carbons (Fsp3) is 0.375. The maximum Gasteiger partial charge on any atom is 0.489 e. The molecule has 0 unspecified atom stereocenters.